The number of nitrogens with zero attached hydrogens (tertiary/aromatic N) is 2. The molecule has 1 aromatic heterocycles. The number of anilines is 1. The van der Waals surface area contributed by atoms with Crippen LogP contribution in [0.25, 0.3) is 11.0 Å². The summed E-state index contributed by atoms with van der Waals surface area (Å²) >= 11 is 13.6. The van der Waals surface area contributed by atoms with Crippen molar-refractivity contribution in [2.24, 2.45) is 0 Å². The predicted molar refractivity (Wildman–Crippen MR) is 90.7 cm³/mol. The van der Waals surface area contributed by atoms with E-state index in [0.717, 1.165) is 22.9 Å². The zero-order chi connectivity index (χ0) is 15.0. The van der Waals surface area contributed by atoms with Crippen molar-refractivity contribution in [1.29, 1.82) is 0 Å². The Morgan fingerprint density at radius 1 is 1.10 bits per heavy atom. The summed E-state index contributed by atoms with van der Waals surface area (Å²) in [6.45, 7) is 4.17. The lowest BCUT2D eigenvalue weighted by Gasteiger charge is -2.17. The predicted octanol–water partition coefficient (Wildman–Crippen LogP) is 5.48. The number of hydrogen-bond donors (Lipinski definition) is 1. The van der Waals surface area contributed by atoms with Crippen LogP contribution in [-0.4, -0.2) is 8.75 Å². The third-order valence-electron chi connectivity index (χ3n) is 3.35. The van der Waals surface area contributed by atoms with Crippen molar-refractivity contribution in [2.45, 2.75) is 19.9 Å². The fourth-order valence-electron chi connectivity index (χ4n) is 2.25. The van der Waals surface area contributed by atoms with E-state index in [1.807, 2.05) is 6.07 Å². The van der Waals surface area contributed by atoms with Crippen LogP contribution in [0.3, 0.4) is 0 Å². The maximum absolute atomic E-state index is 6.32. The fourth-order valence-corrected chi connectivity index (χ4v) is 3.42. The third kappa shape index (κ3) is 2.84. The molecule has 0 amide bonds. The summed E-state index contributed by atoms with van der Waals surface area (Å²) in [7, 11) is 0. The van der Waals surface area contributed by atoms with Crippen LogP contribution in [0, 0.1) is 6.92 Å². The molecule has 1 N–H and O–H groups in total. The molecule has 6 heteroatoms. The first-order valence-electron chi connectivity index (χ1n) is 6.49. The molecule has 0 aliphatic heterocycles. The largest absolute Gasteiger partial charge is 0.375 e. The quantitative estimate of drug-likeness (QED) is 0.687. The maximum atomic E-state index is 6.32. The number of hydrogen-bond acceptors (Lipinski definition) is 4. The Labute approximate surface area is 137 Å². The van der Waals surface area contributed by atoms with Gasteiger partial charge in [0, 0.05) is 6.04 Å². The summed E-state index contributed by atoms with van der Waals surface area (Å²) in [4.78, 5) is 0. The molecule has 1 heterocycles. The SMILES string of the molecule is Cc1cccc(C(C)Nc2c(Cl)cc(Cl)c3nsnc23)c1. The molecule has 0 saturated heterocycles. The van der Waals surface area contributed by atoms with E-state index in [4.69, 9.17) is 23.2 Å². The van der Waals surface area contributed by atoms with E-state index in [1.165, 1.54) is 11.1 Å². The van der Waals surface area contributed by atoms with Crippen molar-refractivity contribution in [2.75, 3.05) is 5.32 Å². The Kier molecular flexibility index (Phi) is 4.02. The van der Waals surface area contributed by atoms with Crippen LogP contribution in [0.4, 0.5) is 5.69 Å². The molecule has 3 nitrogen and oxygen atoms in total. The number of rotatable bonds is 3. The summed E-state index contributed by atoms with van der Waals surface area (Å²) in [5.74, 6) is 0. The van der Waals surface area contributed by atoms with E-state index in [0.29, 0.717) is 15.6 Å². The number of aryl methyl sites for hydroxylation is 1. The summed E-state index contributed by atoms with van der Waals surface area (Å²) in [5.41, 5.74) is 4.60. The first-order valence-corrected chi connectivity index (χ1v) is 7.98. The van der Waals surface area contributed by atoms with E-state index in [-0.39, 0.29) is 6.04 Å². The Bertz CT molecular complexity index is 801. The van der Waals surface area contributed by atoms with Crippen LogP contribution in [0.2, 0.25) is 10.0 Å². The van der Waals surface area contributed by atoms with Gasteiger partial charge in [-0.05, 0) is 25.5 Å². The van der Waals surface area contributed by atoms with Gasteiger partial charge in [-0.25, -0.2) is 0 Å². The van der Waals surface area contributed by atoms with E-state index < -0.39 is 0 Å². The zero-order valence-electron chi connectivity index (χ0n) is 11.5. The molecule has 0 fully saturated rings. The standard InChI is InChI=1S/C15H13Cl2N3S/c1-8-4-3-5-10(6-8)9(2)18-13-11(16)7-12(17)14-15(13)20-21-19-14/h3-7,9,18H,1-2H3. The maximum Gasteiger partial charge on any atom is 0.130 e. The zero-order valence-corrected chi connectivity index (χ0v) is 13.9. The summed E-state index contributed by atoms with van der Waals surface area (Å²) in [6, 6.07) is 10.2. The Morgan fingerprint density at radius 3 is 2.62 bits per heavy atom. The van der Waals surface area contributed by atoms with Gasteiger partial charge in [0.2, 0.25) is 0 Å². The third-order valence-corrected chi connectivity index (χ3v) is 4.46. The summed E-state index contributed by atoms with van der Waals surface area (Å²) in [6.07, 6.45) is 0. The molecule has 0 aliphatic carbocycles. The van der Waals surface area contributed by atoms with Crippen LogP contribution in [0.15, 0.2) is 30.3 Å². The second-order valence-corrected chi connectivity index (χ2v) is 6.30. The van der Waals surface area contributed by atoms with Crippen LogP contribution in [-0.2, 0) is 0 Å². The van der Waals surface area contributed by atoms with Crippen LogP contribution in [0.1, 0.15) is 24.1 Å². The van der Waals surface area contributed by atoms with Crippen LogP contribution < -0.4 is 5.32 Å². The molecule has 0 radical (unpaired) electrons. The van der Waals surface area contributed by atoms with Gasteiger partial charge >= 0.3 is 0 Å². The lowest BCUT2D eigenvalue weighted by molar-refractivity contribution is 0.884. The fraction of sp³-hybridized carbons (Fsp3) is 0.200. The van der Waals surface area contributed by atoms with Gasteiger partial charge in [0.15, 0.2) is 0 Å². The van der Waals surface area contributed by atoms with Gasteiger partial charge in [0.25, 0.3) is 0 Å². The highest BCUT2D eigenvalue weighted by Crippen LogP contribution is 2.37. The first kappa shape index (κ1) is 14.6. The lowest BCUT2D eigenvalue weighted by atomic mass is 10.1. The van der Waals surface area contributed by atoms with Crippen molar-refractivity contribution in [3.63, 3.8) is 0 Å². The molecule has 3 rings (SSSR count). The average Bonchev–Trinajstić information content (AvgIpc) is 2.93. The highest BCUT2D eigenvalue weighted by molar-refractivity contribution is 7.00. The van der Waals surface area contributed by atoms with Gasteiger partial charge < -0.3 is 5.32 Å². The van der Waals surface area contributed by atoms with E-state index >= 15 is 0 Å². The minimum Gasteiger partial charge on any atom is -0.375 e. The second-order valence-electron chi connectivity index (χ2n) is 4.96. The van der Waals surface area contributed by atoms with Crippen molar-refractivity contribution >= 4 is 51.7 Å². The molecule has 0 saturated carbocycles. The van der Waals surface area contributed by atoms with Crippen molar-refractivity contribution < 1.29 is 0 Å². The van der Waals surface area contributed by atoms with Gasteiger partial charge in [-0.3, -0.25) is 0 Å². The number of aromatic nitrogens is 2. The highest BCUT2D eigenvalue weighted by Gasteiger charge is 2.16. The minimum absolute atomic E-state index is 0.105. The van der Waals surface area contributed by atoms with E-state index in [9.17, 15) is 0 Å². The summed E-state index contributed by atoms with van der Waals surface area (Å²) in [5, 5.41) is 4.50. The Hall–Kier alpha value is -1.36. The van der Waals surface area contributed by atoms with Gasteiger partial charge in [-0.15, -0.1) is 0 Å². The van der Waals surface area contributed by atoms with E-state index in [2.05, 4.69) is 46.1 Å². The topological polar surface area (TPSA) is 37.8 Å². The molecular weight excluding hydrogens is 325 g/mol. The molecule has 3 aromatic rings. The van der Waals surface area contributed by atoms with Gasteiger partial charge in [0.1, 0.15) is 11.0 Å². The second kappa shape index (κ2) is 5.79. The molecular formula is C15H13Cl2N3S. The Morgan fingerprint density at radius 2 is 1.86 bits per heavy atom. The molecule has 1 atom stereocenters. The average molecular weight is 338 g/mol. The number of benzene rings is 2. The van der Waals surface area contributed by atoms with E-state index in [1.54, 1.807) is 6.07 Å². The number of halogens is 2. The highest BCUT2D eigenvalue weighted by atomic mass is 35.5. The van der Waals surface area contributed by atoms with Crippen molar-refractivity contribution in [3.8, 4) is 0 Å². The molecule has 21 heavy (non-hydrogen) atoms. The van der Waals surface area contributed by atoms with Crippen molar-refractivity contribution in [1.82, 2.24) is 8.75 Å². The normalized spacial score (nSPS) is 12.6. The number of nitrogens with one attached hydrogen (secondary N) is 1. The molecule has 108 valence electrons. The number of fused-ring (bicyclic) bond motifs is 1. The van der Waals surface area contributed by atoms with Crippen molar-refractivity contribution in [3.05, 3.63) is 51.5 Å². The molecule has 2 aromatic carbocycles. The molecule has 0 aliphatic rings. The monoisotopic (exact) mass is 337 g/mol. The van der Waals surface area contributed by atoms with Crippen LogP contribution in [0.5, 0.6) is 0 Å². The summed E-state index contributed by atoms with van der Waals surface area (Å²) < 4.78 is 8.52. The van der Waals surface area contributed by atoms with Gasteiger partial charge in [-0.2, -0.15) is 8.75 Å². The van der Waals surface area contributed by atoms with Crippen LogP contribution >= 0.6 is 34.9 Å². The molecule has 0 spiro atoms. The minimum atomic E-state index is 0.105. The smallest absolute Gasteiger partial charge is 0.130 e. The first-order chi connectivity index (χ1) is 10.1. The lowest BCUT2D eigenvalue weighted by Crippen LogP contribution is -2.07. The van der Waals surface area contributed by atoms with Gasteiger partial charge in [0.05, 0.1) is 27.5 Å². The molecule has 0 bridgehead atoms. The van der Waals surface area contributed by atoms with Gasteiger partial charge in [-0.1, -0.05) is 53.0 Å². The Balaban J connectivity index is 2.00. The molecule has 1 unspecified atom stereocenters.